The van der Waals surface area contributed by atoms with Crippen LogP contribution in [-0.4, -0.2) is 44.0 Å². The van der Waals surface area contributed by atoms with Gasteiger partial charge in [-0.25, -0.2) is 14.3 Å². The highest BCUT2D eigenvalue weighted by molar-refractivity contribution is 5.86. The summed E-state index contributed by atoms with van der Waals surface area (Å²) in [6.45, 7) is 2.15. The lowest BCUT2D eigenvalue weighted by atomic mass is 9.98. The maximum atomic E-state index is 13.4. The molecular formula is C34H33N5O4. The van der Waals surface area contributed by atoms with Gasteiger partial charge in [-0.05, 0) is 55.4 Å². The predicted molar refractivity (Wildman–Crippen MR) is 163 cm³/mol. The number of unbranched alkanes of at least 4 members (excludes halogenated alkanes) is 1. The molecule has 0 spiro atoms. The number of hydrogen-bond donors (Lipinski definition) is 2. The van der Waals surface area contributed by atoms with Crippen LogP contribution < -0.4 is 5.32 Å². The first-order chi connectivity index (χ1) is 21.0. The lowest BCUT2D eigenvalue weighted by Gasteiger charge is -2.22. The Balaban J connectivity index is 1.28. The maximum absolute atomic E-state index is 13.4. The quantitative estimate of drug-likeness (QED) is 0.185. The monoisotopic (exact) mass is 575 g/mol. The summed E-state index contributed by atoms with van der Waals surface area (Å²) >= 11 is 0. The lowest BCUT2D eigenvalue weighted by Crippen LogP contribution is -2.35. The van der Waals surface area contributed by atoms with Gasteiger partial charge in [0.1, 0.15) is 6.61 Å². The minimum atomic E-state index is -1.02. The molecule has 1 aliphatic rings. The van der Waals surface area contributed by atoms with Crippen molar-refractivity contribution in [2.75, 3.05) is 6.61 Å². The molecule has 43 heavy (non-hydrogen) atoms. The fraction of sp³-hybridized carbons (Fsp3) is 0.265. The van der Waals surface area contributed by atoms with E-state index in [0.29, 0.717) is 19.3 Å². The van der Waals surface area contributed by atoms with Crippen LogP contribution in [0.1, 0.15) is 66.7 Å². The number of nitrogens with zero attached hydrogens (tertiary/aromatic N) is 4. The van der Waals surface area contributed by atoms with Crippen LogP contribution in [-0.2, 0) is 16.0 Å². The van der Waals surface area contributed by atoms with Gasteiger partial charge >= 0.3 is 12.1 Å². The van der Waals surface area contributed by atoms with Crippen LogP contribution >= 0.6 is 0 Å². The fourth-order valence-electron chi connectivity index (χ4n) is 6.08. The van der Waals surface area contributed by atoms with Gasteiger partial charge in [0.15, 0.2) is 11.9 Å². The topological polar surface area (TPSA) is 119 Å². The molecule has 4 aromatic carbocycles. The highest BCUT2D eigenvalue weighted by Gasteiger charge is 2.32. The van der Waals surface area contributed by atoms with Gasteiger partial charge in [0, 0.05) is 12.3 Å². The average molecular weight is 576 g/mol. The molecule has 218 valence electrons. The van der Waals surface area contributed by atoms with E-state index in [1.54, 1.807) is 0 Å². The molecule has 2 N–H and O–H groups in total. The zero-order valence-corrected chi connectivity index (χ0v) is 23.9. The molecule has 0 fully saturated rings. The molecule has 0 saturated heterocycles. The minimum absolute atomic E-state index is 0.0922. The molecule has 1 aromatic heterocycles. The molecule has 0 radical (unpaired) electrons. The summed E-state index contributed by atoms with van der Waals surface area (Å²) in [4.78, 5) is 25.7. The summed E-state index contributed by atoms with van der Waals surface area (Å²) in [5.41, 5.74) is 5.50. The Morgan fingerprint density at radius 3 is 2.33 bits per heavy atom. The van der Waals surface area contributed by atoms with Gasteiger partial charge in [-0.2, -0.15) is 0 Å². The van der Waals surface area contributed by atoms with Crippen molar-refractivity contribution in [1.29, 1.82) is 0 Å². The van der Waals surface area contributed by atoms with E-state index in [1.165, 1.54) is 4.68 Å². The minimum Gasteiger partial charge on any atom is -0.480 e. The first-order valence-corrected chi connectivity index (χ1v) is 14.6. The first kappa shape index (κ1) is 28.1. The van der Waals surface area contributed by atoms with Crippen LogP contribution in [0.5, 0.6) is 0 Å². The van der Waals surface area contributed by atoms with Crippen molar-refractivity contribution in [1.82, 2.24) is 25.5 Å². The molecule has 0 unspecified atom stereocenters. The first-order valence-electron chi connectivity index (χ1n) is 14.6. The molecule has 0 bridgehead atoms. The summed E-state index contributed by atoms with van der Waals surface area (Å²) in [5, 5.41) is 27.2. The molecule has 0 aliphatic heterocycles. The molecule has 1 heterocycles. The number of rotatable bonds is 11. The molecule has 6 rings (SSSR count). The molecule has 2 atom stereocenters. The number of alkyl carbamates (subject to hydrolysis) is 1. The van der Waals surface area contributed by atoms with Gasteiger partial charge in [-0.15, -0.1) is 5.10 Å². The van der Waals surface area contributed by atoms with Crippen molar-refractivity contribution in [3.8, 4) is 11.1 Å². The van der Waals surface area contributed by atoms with Crippen LogP contribution in [0.4, 0.5) is 4.79 Å². The third kappa shape index (κ3) is 5.70. The standard InChI is InChI=1S/C34H33N5O4/c1-2-3-19-31(33(40)41)39-32(36-37-38-39)30(20-23-13-10-12-22-11-4-5-14-24(22)23)35-34(42)43-21-29-27-17-8-6-15-25(27)26-16-7-9-18-28(26)29/h4-18,29-31H,2-3,19-21H2,1H3,(H,35,42)(H,40,41)/t30-,31-/m0/s1. The summed E-state index contributed by atoms with van der Waals surface area (Å²) in [5.74, 6) is -0.845. The number of aromatic nitrogens is 4. The number of ether oxygens (including phenoxy) is 1. The fourth-order valence-corrected chi connectivity index (χ4v) is 6.08. The van der Waals surface area contributed by atoms with Crippen molar-refractivity contribution < 1.29 is 19.4 Å². The normalized spacial score (nSPS) is 13.7. The largest absolute Gasteiger partial charge is 0.480 e. The highest BCUT2D eigenvalue weighted by atomic mass is 16.5. The van der Waals surface area contributed by atoms with E-state index in [2.05, 4.69) is 45.1 Å². The average Bonchev–Trinajstić information content (AvgIpc) is 3.63. The highest BCUT2D eigenvalue weighted by Crippen LogP contribution is 2.44. The Morgan fingerprint density at radius 1 is 0.930 bits per heavy atom. The molecule has 0 saturated carbocycles. The number of tetrazole rings is 1. The number of aliphatic carboxylic acids is 1. The van der Waals surface area contributed by atoms with Crippen LogP contribution in [0.2, 0.25) is 0 Å². The van der Waals surface area contributed by atoms with Crippen LogP contribution in [0.15, 0.2) is 91.0 Å². The summed E-state index contributed by atoms with van der Waals surface area (Å²) in [6.07, 6.45) is 1.62. The number of nitrogens with one attached hydrogen (secondary N) is 1. The van der Waals surface area contributed by atoms with Crippen molar-refractivity contribution in [2.45, 2.75) is 50.6 Å². The summed E-state index contributed by atoms with van der Waals surface area (Å²) in [7, 11) is 0. The molecule has 9 nitrogen and oxygen atoms in total. The Morgan fingerprint density at radius 2 is 1.60 bits per heavy atom. The van der Waals surface area contributed by atoms with E-state index in [-0.39, 0.29) is 18.3 Å². The number of carbonyl (C=O) groups is 2. The van der Waals surface area contributed by atoms with Gasteiger partial charge < -0.3 is 15.2 Å². The number of carboxylic acids is 1. The van der Waals surface area contributed by atoms with Crippen molar-refractivity contribution in [3.63, 3.8) is 0 Å². The van der Waals surface area contributed by atoms with Gasteiger partial charge in [-0.3, -0.25) is 0 Å². The number of amides is 1. The summed E-state index contributed by atoms with van der Waals surface area (Å²) < 4.78 is 7.19. The van der Waals surface area contributed by atoms with Crippen molar-refractivity contribution in [3.05, 3.63) is 114 Å². The Bertz CT molecular complexity index is 1720. The second-order valence-electron chi connectivity index (χ2n) is 10.8. The van der Waals surface area contributed by atoms with Crippen LogP contribution in [0.3, 0.4) is 0 Å². The second-order valence-corrected chi connectivity index (χ2v) is 10.8. The summed E-state index contributed by atoms with van der Waals surface area (Å²) in [6, 6.07) is 28.6. The molecule has 9 heteroatoms. The van der Waals surface area contributed by atoms with E-state index in [0.717, 1.165) is 45.0 Å². The lowest BCUT2D eigenvalue weighted by molar-refractivity contribution is -0.141. The molecule has 1 amide bonds. The SMILES string of the molecule is CCCC[C@@H](C(=O)O)n1nnnc1[C@H](Cc1cccc2ccccc12)NC(=O)OCC1c2ccccc2-c2ccccc21. The van der Waals surface area contributed by atoms with E-state index < -0.39 is 24.1 Å². The van der Waals surface area contributed by atoms with Gasteiger partial charge in [0.2, 0.25) is 0 Å². The predicted octanol–water partition coefficient (Wildman–Crippen LogP) is 6.46. The molecule has 1 aliphatic carbocycles. The number of fused-ring (bicyclic) bond motifs is 4. The van der Waals surface area contributed by atoms with E-state index in [1.807, 2.05) is 73.7 Å². The van der Waals surface area contributed by atoms with Crippen molar-refractivity contribution >= 4 is 22.8 Å². The van der Waals surface area contributed by atoms with Gasteiger partial charge in [-0.1, -0.05) is 111 Å². The third-order valence-electron chi connectivity index (χ3n) is 8.18. The molecular weight excluding hydrogens is 542 g/mol. The van der Waals surface area contributed by atoms with Crippen LogP contribution in [0.25, 0.3) is 21.9 Å². The maximum Gasteiger partial charge on any atom is 0.407 e. The van der Waals surface area contributed by atoms with Crippen LogP contribution in [0, 0.1) is 0 Å². The Hall–Kier alpha value is -5.05. The van der Waals surface area contributed by atoms with Gasteiger partial charge in [0.25, 0.3) is 0 Å². The third-order valence-corrected chi connectivity index (χ3v) is 8.18. The number of carboxylic acid groups (broad SMARTS) is 1. The number of carbonyl (C=O) groups excluding carboxylic acids is 1. The zero-order chi connectivity index (χ0) is 29.8. The second kappa shape index (κ2) is 12.4. The van der Waals surface area contributed by atoms with E-state index >= 15 is 0 Å². The molecule has 5 aromatic rings. The van der Waals surface area contributed by atoms with Gasteiger partial charge in [0.05, 0.1) is 6.04 Å². The smallest absolute Gasteiger partial charge is 0.407 e. The number of benzene rings is 4. The van der Waals surface area contributed by atoms with E-state index in [9.17, 15) is 14.7 Å². The van der Waals surface area contributed by atoms with Crippen molar-refractivity contribution in [2.24, 2.45) is 0 Å². The Kier molecular flexibility index (Phi) is 8.13. The number of hydrogen-bond acceptors (Lipinski definition) is 6. The van der Waals surface area contributed by atoms with E-state index in [4.69, 9.17) is 4.74 Å². The zero-order valence-electron chi connectivity index (χ0n) is 23.9. The Labute approximate surface area is 249 Å².